The van der Waals surface area contributed by atoms with Crippen LogP contribution >= 0.6 is 0 Å². The Kier molecular flexibility index (Phi) is 48.1. The van der Waals surface area contributed by atoms with Crippen molar-refractivity contribution in [3.05, 3.63) is 129 Å². The molecule has 0 radical (unpaired) electrons. The lowest BCUT2D eigenvalue weighted by atomic mass is 9.84. The Balaban J connectivity index is 0.00000126. The molecule has 0 aliphatic carbocycles. The molecule has 30 nitrogen and oxygen atoms in total. The van der Waals surface area contributed by atoms with E-state index in [1.807, 2.05) is 109 Å². The molecule has 16 atom stereocenters. The number of hydrogen-bond acceptors (Lipinski definition) is 19. The van der Waals surface area contributed by atoms with Gasteiger partial charge in [0.25, 0.3) is 11.8 Å². The molecule has 0 spiro atoms. The largest absolute Gasteiger partial charge is 0.480 e. The summed E-state index contributed by atoms with van der Waals surface area (Å²) in [4.78, 5) is 197. The summed E-state index contributed by atoms with van der Waals surface area (Å²) in [7, 11) is 5.62. The number of ether oxygens (including phenoxy) is 4. The van der Waals surface area contributed by atoms with Crippen LogP contribution in [0.25, 0.3) is 9.69 Å². The predicted octanol–water partition coefficient (Wildman–Crippen LogP) is 12.5. The van der Waals surface area contributed by atoms with Gasteiger partial charge in [-0.05, 0) is 192 Å². The number of rotatable bonds is 47. The zero-order valence-corrected chi connectivity index (χ0v) is 80.4. The first kappa shape index (κ1) is 113. The van der Waals surface area contributed by atoms with Crippen LogP contribution in [0.1, 0.15) is 230 Å². The number of aliphatic carboxylic acids is 1. The van der Waals surface area contributed by atoms with Gasteiger partial charge in [-0.1, -0.05) is 169 Å². The Morgan fingerprint density at radius 1 is 0.476 bits per heavy atom. The molecule has 0 bridgehead atoms. The van der Waals surface area contributed by atoms with Crippen molar-refractivity contribution in [2.24, 2.45) is 58.5 Å². The maximum absolute atomic E-state index is 14.1. The highest BCUT2D eigenvalue weighted by Crippen LogP contribution is 2.32. The molecule has 0 aromatic heterocycles. The first-order valence-electron chi connectivity index (χ1n) is 43.5. The van der Waals surface area contributed by atoms with Gasteiger partial charge in [0, 0.05) is 52.2 Å². The number of ketones is 1. The fourth-order valence-electron chi connectivity index (χ4n) is 13.1. The van der Waals surface area contributed by atoms with Gasteiger partial charge in [0.05, 0.1) is 37.7 Å². The van der Waals surface area contributed by atoms with Crippen molar-refractivity contribution in [3.8, 4) is 0 Å². The van der Waals surface area contributed by atoms with Crippen LogP contribution in [0.5, 0.6) is 0 Å². The average molecular weight is 1760 g/mol. The van der Waals surface area contributed by atoms with Gasteiger partial charge in [0.1, 0.15) is 48.0 Å². The van der Waals surface area contributed by atoms with Gasteiger partial charge < -0.3 is 70.7 Å². The van der Waals surface area contributed by atoms with Crippen molar-refractivity contribution in [2.45, 2.75) is 298 Å². The zero-order chi connectivity index (χ0) is 97.0. The number of allylic oxidation sites excluding steroid dienone is 4. The second-order valence-corrected chi connectivity index (χ2v) is 36.2. The van der Waals surface area contributed by atoms with E-state index in [1.165, 1.54) is 63.7 Å². The molecule has 0 heterocycles. The summed E-state index contributed by atoms with van der Waals surface area (Å²) >= 11 is 0. The third kappa shape index (κ3) is 37.4. The molecule has 700 valence electrons. The van der Waals surface area contributed by atoms with Gasteiger partial charge in [-0.3, -0.25) is 52.7 Å². The lowest BCUT2D eigenvalue weighted by Gasteiger charge is -2.33. The minimum Gasteiger partial charge on any atom is -0.480 e. The highest BCUT2D eigenvalue weighted by Gasteiger charge is 2.40. The number of benzene rings is 2. The third-order valence-corrected chi connectivity index (χ3v) is 22.8. The molecule has 8 amide bonds. The lowest BCUT2D eigenvalue weighted by Crippen LogP contribution is -2.56. The van der Waals surface area contributed by atoms with Crippen LogP contribution in [0.3, 0.4) is 0 Å². The van der Waals surface area contributed by atoms with E-state index in [2.05, 4.69) is 31.0 Å². The van der Waals surface area contributed by atoms with Gasteiger partial charge in [-0.2, -0.15) is 0 Å². The van der Waals surface area contributed by atoms with Gasteiger partial charge in [-0.25, -0.2) is 24.1 Å². The number of carboxylic acid groups (broad SMARTS) is 1. The molecule has 2 rings (SSSR count). The number of Topliss-reactive ketones (excluding diaryl/α,β-unsaturated/α-hetero) is 1. The quantitative estimate of drug-likeness (QED) is 0.0118. The number of esters is 4. The molecule has 2 aromatic rings. The molecular weight excluding hydrogens is 1610 g/mol. The van der Waals surface area contributed by atoms with Crippen molar-refractivity contribution in [2.75, 3.05) is 41.3 Å². The van der Waals surface area contributed by atoms with Crippen molar-refractivity contribution < 1.29 is 91.2 Å². The number of nitrogens with zero attached hydrogens (tertiary/aromatic N) is 6. The van der Waals surface area contributed by atoms with Crippen LogP contribution in [0, 0.1) is 65.9 Å². The second kappa shape index (κ2) is 53.6. The van der Waals surface area contributed by atoms with Gasteiger partial charge in [-0.15, -0.1) is 0 Å². The third-order valence-electron chi connectivity index (χ3n) is 22.8. The van der Waals surface area contributed by atoms with E-state index in [9.17, 15) is 72.2 Å². The predicted molar refractivity (Wildman–Crippen MR) is 486 cm³/mol. The minimum atomic E-state index is -1.26. The molecular formula is C96H147N11O19. The molecule has 0 aliphatic heterocycles. The molecule has 2 unspecified atom stereocenters. The maximum atomic E-state index is 14.1. The smallest absolute Gasteiger partial charge is 0.334 e. The van der Waals surface area contributed by atoms with E-state index in [-0.39, 0.29) is 96.9 Å². The van der Waals surface area contributed by atoms with E-state index < -0.39 is 149 Å². The van der Waals surface area contributed by atoms with Crippen molar-refractivity contribution in [1.29, 1.82) is 0 Å². The van der Waals surface area contributed by atoms with Gasteiger partial charge in [0.2, 0.25) is 35.4 Å². The fraction of sp³-hybridized carbons (Fsp3) is 0.625. The summed E-state index contributed by atoms with van der Waals surface area (Å²) in [6.45, 7) is 60.0. The highest BCUT2D eigenvalue weighted by molar-refractivity contribution is 5.98. The zero-order valence-electron chi connectivity index (χ0n) is 80.4. The second-order valence-electron chi connectivity index (χ2n) is 36.2. The number of amides is 8. The van der Waals surface area contributed by atoms with Crippen LogP contribution in [0.2, 0.25) is 0 Å². The average Bonchev–Trinajstić information content (AvgIpc) is 0.827. The van der Waals surface area contributed by atoms with E-state index in [4.69, 9.17) is 37.8 Å². The van der Waals surface area contributed by atoms with Crippen LogP contribution in [-0.2, 0) is 98.9 Å². The molecule has 0 fully saturated rings. The van der Waals surface area contributed by atoms with E-state index in [0.29, 0.717) is 53.8 Å². The topological polar surface area (TPSA) is 392 Å². The number of nitrogens with two attached hydrogens (primary N) is 1. The molecule has 2 aromatic carbocycles. The first-order valence-corrected chi connectivity index (χ1v) is 43.5. The fourth-order valence-corrected chi connectivity index (χ4v) is 13.1. The number of carboxylic acids is 1. The molecule has 0 saturated carbocycles. The lowest BCUT2D eigenvalue weighted by molar-refractivity contribution is -0.160. The SMILES string of the molecule is [C-]#[N+]c1ccc(C[C@H](C(=O)N(C)CC(=O)N[C@H](C(=O)O)C(C)CC)N(C)C(=O)[C@H](C)NC(=O)[C@@H](CC(C)C)OC(=O)/C(C)=C/C[C@H](C)[C@H](C)[C@H](OC(=O)C(C)(C)N)/C(C)=C/C)cc1.[C-]#[N+]c1ccc(C[C@H](C(=O)N(C)CC(=O)N[C@H](C(C)=O)C(C)CC)N(C)C(=O)[C@H](C)NC(=O)[C@@H](CC(C)C)OC(=O)/C(C)=C/C[C@H](C)[C@H](C)[C@H](OC(=O)C(C)(C)C)/C(C)=C/C)cc1. The van der Waals surface area contributed by atoms with Gasteiger partial charge in [0.15, 0.2) is 29.4 Å². The number of carbonyl (C=O) groups excluding carboxylic acids is 13. The maximum Gasteiger partial charge on any atom is 0.334 e. The Morgan fingerprint density at radius 2 is 0.802 bits per heavy atom. The monoisotopic (exact) mass is 1760 g/mol. The van der Waals surface area contributed by atoms with Crippen LogP contribution in [0.4, 0.5) is 11.4 Å². The van der Waals surface area contributed by atoms with E-state index in [0.717, 1.165) is 16.0 Å². The number of nitrogens with one attached hydrogen (secondary N) is 4. The number of carbonyl (C=O) groups is 14. The first-order chi connectivity index (χ1) is 58.4. The summed E-state index contributed by atoms with van der Waals surface area (Å²) in [6, 6.07) is 6.48. The standard InChI is InChI=1S/C49H75N5O9.C47H72N6O10/c1-18-30(5)42(36(11)55)52-41(56)28-53(16)46(59)39(27-37-22-24-38(50-15)25-23-37)54(17)45(58)35(10)51-44(57)40(26-29(3)4)62-47(60)33(8)21-20-32(7)34(9)43(31(6)19-2)63-48(61)49(12,13)14;1-16-28(5)39(44(58)59)51-38(54)26-52(14)43(57)36(25-34-20-22-35(49-13)23-21-34)53(15)42(56)33(10)50-41(55)37(24-27(3)4)62-45(60)31(8)19-18-30(7)32(9)40(29(6)17-2)63-46(61)47(11,12)48/h19,21-25,29-30,32,34-35,39-40,42-43H,18,20,26-28H2,1-14,16-17H3,(H,51,57)(H,52,56);17,19-23,27-28,30,32-33,36-37,39-40H,16,18,24-26,48H2,1-12,14-15H3,(H,50,55)(H,51,54)(H,58,59)/b31-19+,33-21+;29-17+,31-19+/t30?,32-,34-,35-,39+,40+,42-,43+;28?,30-,32-,33-,36+,37+,39-,40+/m00/s1. The Bertz CT molecular complexity index is 3990. The summed E-state index contributed by atoms with van der Waals surface area (Å²) in [6.07, 6.45) is 6.21. The highest BCUT2D eigenvalue weighted by atomic mass is 16.6. The van der Waals surface area contributed by atoms with E-state index >= 15 is 0 Å². The van der Waals surface area contributed by atoms with Crippen LogP contribution in [0.15, 0.2) is 95.1 Å². The van der Waals surface area contributed by atoms with Crippen molar-refractivity contribution >= 4 is 94.3 Å². The van der Waals surface area contributed by atoms with Crippen molar-refractivity contribution in [3.63, 3.8) is 0 Å². The van der Waals surface area contributed by atoms with Gasteiger partial charge >= 0.3 is 29.8 Å². The Labute approximate surface area is 749 Å². The molecule has 0 aliphatic rings. The molecule has 0 saturated heterocycles. The summed E-state index contributed by atoms with van der Waals surface area (Å²) in [5.74, 6) is -9.63. The summed E-state index contributed by atoms with van der Waals surface area (Å²) < 4.78 is 23.3. The number of hydrogen-bond donors (Lipinski definition) is 6. The summed E-state index contributed by atoms with van der Waals surface area (Å²) in [5, 5.41) is 20.2. The Hall–Kier alpha value is -10.9. The number of likely N-dealkylation sites (N-methyl/N-ethyl adjacent to an activating group) is 4. The van der Waals surface area contributed by atoms with Crippen LogP contribution in [-0.4, -0.2) is 215 Å². The van der Waals surface area contributed by atoms with Crippen LogP contribution < -0.4 is 27.0 Å². The summed E-state index contributed by atoms with van der Waals surface area (Å²) in [5.41, 5.74) is 8.52. The molecule has 7 N–H and O–H groups in total. The van der Waals surface area contributed by atoms with E-state index in [1.54, 1.807) is 123 Å². The minimum absolute atomic E-state index is 0.00139. The van der Waals surface area contributed by atoms with Crippen molar-refractivity contribution in [1.82, 2.24) is 40.9 Å². The Morgan fingerprint density at radius 3 is 1.09 bits per heavy atom. The molecule has 126 heavy (non-hydrogen) atoms. The molecule has 30 heteroatoms. The normalized spacial score (nSPS) is 15.9.